The number of rotatable bonds is 10. The van der Waals surface area contributed by atoms with Crippen LogP contribution in [0.4, 0.5) is 0 Å². The molecule has 1 saturated heterocycles. The van der Waals surface area contributed by atoms with Crippen molar-refractivity contribution in [3.8, 4) is 0 Å². The van der Waals surface area contributed by atoms with E-state index < -0.39 is 0 Å². The van der Waals surface area contributed by atoms with Crippen LogP contribution in [0.25, 0.3) is 0 Å². The molecular weight excluding hydrogens is 264 g/mol. The molecule has 126 valence electrons. The van der Waals surface area contributed by atoms with Gasteiger partial charge in [-0.05, 0) is 18.3 Å². The topological polar surface area (TPSA) is 33.7 Å². The highest BCUT2D eigenvalue weighted by Crippen LogP contribution is 2.20. The van der Waals surface area contributed by atoms with Crippen molar-refractivity contribution in [2.24, 2.45) is 11.8 Å². The quantitative estimate of drug-likeness (QED) is 0.628. The van der Waals surface area contributed by atoms with Crippen LogP contribution in [-0.4, -0.2) is 63.5 Å². The molecule has 0 spiro atoms. The molecule has 1 heterocycles. The van der Waals surface area contributed by atoms with Crippen molar-refractivity contribution in [1.82, 2.24) is 10.2 Å². The van der Waals surface area contributed by atoms with Gasteiger partial charge in [0.05, 0.1) is 13.2 Å². The molecule has 1 rings (SSSR count). The Hall–Kier alpha value is -0.160. The van der Waals surface area contributed by atoms with E-state index in [4.69, 9.17) is 9.47 Å². The van der Waals surface area contributed by atoms with E-state index in [1.165, 1.54) is 13.0 Å². The lowest BCUT2D eigenvalue weighted by Gasteiger charge is -2.44. The second-order valence-electron chi connectivity index (χ2n) is 6.67. The van der Waals surface area contributed by atoms with E-state index in [0.717, 1.165) is 32.0 Å². The lowest BCUT2D eigenvalue weighted by atomic mass is 9.92. The highest BCUT2D eigenvalue weighted by molar-refractivity contribution is 4.89. The van der Waals surface area contributed by atoms with Crippen molar-refractivity contribution in [3.05, 3.63) is 0 Å². The normalized spacial score (nSPS) is 25.4. The van der Waals surface area contributed by atoms with Gasteiger partial charge in [-0.3, -0.25) is 4.90 Å². The molecule has 0 bridgehead atoms. The smallest absolute Gasteiger partial charge is 0.0700 e. The summed E-state index contributed by atoms with van der Waals surface area (Å²) in [5.41, 5.74) is 0. The first-order chi connectivity index (χ1) is 10.1. The molecule has 3 atom stereocenters. The molecule has 4 nitrogen and oxygen atoms in total. The molecule has 0 saturated carbocycles. The zero-order valence-electron chi connectivity index (χ0n) is 14.7. The maximum atomic E-state index is 5.59. The standard InChI is InChI=1S/C17H36N2O2/c1-6-15(4)16-13-19(17(12-18-16)14(2)3)8-7-9-21-11-10-20-5/h14-18H,6-13H2,1-5H3. The lowest BCUT2D eigenvalue weighted by Crippen LogP contribution is -2.60. The first kappa shape index (κ1) is 18.9. The number of nitrogens with one attached hydrogen (secondary N) is 1. The molecule has 0 aromatic rings. The summed E-state index contributed by atoms with van der Waals surface area (Å²) in [5, 5.41) is 3.76. The number of piperazine rings is 1. The van der Waals surface area contributed by atoms with Crippen LogP contribution in [0, 0.1) is 11.8 Å². The van der Waals surface area contributed by atoms with Gasteiger partial charge in [-0.25, -0.2) is 0 Å². The first-order valence-electron chi connectivity index (χ1n) is 8.64. The van der Waals surface area contributed by atoms with Crippen LogP contribution in [0.2, 0.25) is 0 Å². The maximum Gasteiger partial charge on any atom is 0.0700 e. The number of nitrogens with zero attached hydrogens (tertiary/aromatic N) is 1. The lowest BCUT2D eigenvalue weighted by molar-refractivity contribution is 0.0476. The Morgan fingerprint density at radius 2 is 1.95 bits per heavy atom. The Bertz CT molecular complexity index is 261. The van der Waals surface area contributed by atoms with Crippen molar-refractivity contribution in [1.29, 1.82) is 0 Å². The summed E-state index contributed by atoms with van der Waals surface area (Å²) in [6.07, 6.45) is 2.36. The van der Waals surface area contributed by atoms with Crippen LogP contribution in [0.5, 0.6) is 0 Å². The van der Waals surface area contributed by atoms with Crippen molar-refractivity contribution in [2.75, 3.05) is 46.6 Å². The summed E-state index contributed by atoms with van der Waals surface area (Å²) < 4.78 is 10.6. The monoisotopic (exact) mass is 300 g/mol. The summed E-state index contributed by atoms with van der Waals surface area (Å²) in [6, 6.07) is 1.30. The molecule has 1 N–H and O–H groups in total. The minimum Gasteiger partial charge on any atom is -0.382 e. The molecule has 0 aliphatic carbocycles. The molecule has 0 aromatic heterocycles. The first-order valence-corrected chi connectivity index (χ1v) is 8.64. The van der Waals surface area contributed by atoms with Gasteiger partial charge < -0.3 is 14.8 Å². The summed E-state index contributed by atoms with van der Waals surface area (Å²) in [6.45, 7) is 15.0. The third kappa shape index (κ3) is 6.64. The minimum absolute atomic E-state index is 0.638. The molecule has 1 aliphatic rings. The predicted molar refractivity (Wildman–Crippen MR) is 88.8 cm³/mol. The highest BCUT2D eigenvalue weighted by Gasteiger charge is 2.31. The number of methoxy groups -OCH3 is 1. The zero-order chi connectivity index (χ0) is 15.7. The minimum atomic E-state index is 0.638. The number of ether oxygens (including phenoxy) is 2. The summed E-state index contributed by atoms with van der Waals surface area (Å²) in [4.78, 5) is 2.68. The van der Waals surface area contributed by atoms with Gasteiger partial charge in [0, 0.05) is 45.4 Å². The molecule has 4 heteroatoms. The van der Waals surface area contributed by atoms with E-state index in [1.54, 1.807) is 7.11 Å². The van der Waals surface area contributed by atoms with Crippen molar-refractivity contribution < 1.29 is 9.47 Å². The van der Waals surface area contributed by atoms with Crippen molar-refractivity contribution in [2.45, 2.75) is 52.6 Å². The molecule has 0 radical (unpaired) electrons. The molecule has 1 aliphatic heterocycles. The van der Waals surface area contributed by atoms with Crippen LogP contribution in [0.15, 0.2) is 0 Å². The Kier molecular flexibility index (Phi) is 9.49. The summed E-state index contributed by atoms with van der Waals surface area (Å²) in [5.74, 6) is 1.45. The average molecular weight is 300 g/mol. The fourth-order valence-electron chi connectivity index (χ4n) is 3.05. The highest BCUT2D eigenvalue weighted by atomic mass is 16.5. The van der Waals surface area contributed by atoms with E-state index in [0.29, 0.717) is 31.2 Å². The van der Waals surface area contributed by atoms with E-state index in [1.807, 2.05) is 0 Å². The Balaban J connectivity index is 2.37. The molecule has 3 unspecified atom stereocenters. The van der Waals surface area contributed by atoms with E-state index in [-0.39, 0.29) is 0 Å². The summed E-state index contributed by atoms with van der Waals surface area (Å²) in [7, 11) is 1.71. The van der Waals surface area contributed by atoms with Crippen LogP contribution >= 0.6 is 0 Å². The number of hydrogen-bond acceptors (Lipinski definition) is 4. The van der Waals surface area contributed by atoms with Crippen LogP contribution < -0.4 is 5.32 Å². The zero-order valence-corrected chi connectivity index (χ0v) is 14.7. The third-order valence-corrected chi connectivity index (χ3v) is 4.76. The molecule has 0 amide bonds. The SMILES string of the molecule is CCC(C)C1CN(CCCOCCOC)C(C(C)C)CN1. The average Bonchev–Trinajstić information content (AvgIpc) is 2.49. The van der Waals surface area contributed by atoms with Crippen LogP contribution in [-0.2, 0) is 9.47 Å². The second-order valence-corrected chi connectivity index (χ2v) is 6.67. The Morgan fingerprint density at radius 1 is 1.19 bits per heavy atom. The largest absolute Gasteiger partial charge is 0.382 e. The van der Waals surface area contributed by atoms with Gasteiger partial charge in [-0.1, -0.05) is 34.1 Å². The van der Waals surface area contributed by atoms with E-state index >= 15 is 0 Å². The van der Waals surface area contributed by atoms with E-state index in [9.17, 15) is 0 Å². The number of hydrogen-bond donors (Lipinski definition) is 1. The maximum absolute atomic E-state index is 5.59. The fraction of sp³-hybridized carbons (Fsp3) is 1.00. The Labute approximate surface area is 131 Å². The van der Waals surface area contributed by atoms with Gasteiger partial charge in [0.25, 0.3) is 0 Å². The van der Waals surface area contributed by atoms with Gasteiger partial charge in [-0.15, -0.1) is 0 Å². The molecule has 21 heavy (non-hydrogen) atoms. The van der Waals surface area contributed by atoms with Crippen LogP contribution in [0.3, 0.4) is 0 Å². The van der Waals surface area contributed by atoms with Crippen molar-refractivity contribution >= 4 is 0 Å². The molecular formula is C17H36N2O2. The fourth-order valence-corrected chi connectivity index (χ4v) is 3.05. The van der Waals surface area contributed by atoms with Gasteiger partial charge in [0.1, 0.15) is 0 Å². The van der Waals surface area contributed by atoms with Crippen molar-refractivity contribution in [3.63, 3.8) is 0 Å². The second kappa shape index (κ2) is 10.5. The van der Waals surface area contributed by atoms with Gasteiger partial charge in [0.2, 0.25) is 0 Å². The van der Waals surface area contributed by atoms with Crippen LogP contribution in [0.1, 0.15) is 40.5 Å². The van der Waals surface area contributed by atoms with Gasteiger partial charge >= 0.3 is 0 Å². The van der Waals surface area contributed by atoms with E-state index in [2.05, 4.69) is 37.9 Å². The molecule has 1 fully saturated rings. The summed E-state index contributed by atoms with van der Waals surface area (Å²) >= 11 is 0. The Morgan fingerprint density at radius 3 is 2.57 bits per heavy atom. The van der Waals surface area contributed by atoms with Gasteiger partial charge in [0.15, 0.2) is 0 Å². The molecule has 0 aromatic carbocycles. The third-order valence-electron chi connectivity index (χ3n) is 4.76. The predicted octanol–water partition coefficient (Wildman–Crippen LogP) is 2.38. The van der Waals surface area contributed by atoms with Gasteiger partial charge in [-0.2, -0.15) is 0 Å².